The average Bonchev–Trinajstić information content (AvgIpc) is 2.56. The molecule has 0 spiro atoms. The number of piperazine rings is 1. The van der Waals surface area contributed by atoms with Crippen LogP contribution in [0.1, 0.15) is 40.0 Å². The zero-order chi connectivity index (χ0) is 21.9. The Hall–Kier alpha value is -1.71. The van der Waals surface area contributed by atoms with Gasteiger partial charge in [-0.3, -0.25) is 4.79 Å². The Morgan fingerprint density at radius 3 is 2.21 bits per heavy atom. The molecule has 0 radical (unpaired) electrons. The summed E-state index contributed by atoms with van der Waals surface area (Å²) < 4.78 is 77.4. The predicted octanol–water partition coefficient (Wildman–Crippen LogP) is 5.22. The molecule has 1 rings (SSSR count). The molecule has 0 aromatic carbocycles. The summed E-state index contributed by atoms with van der Waals surface area (Å²) in [6.07, 6.45) is -10.5. The maximum absolute atomic E-state index is 13.0. The summed E-state index contributed by atoms with van der Waals surface area (Å²) in [5.41, 5.74) is 0.694. The second-order valence-electron chi connectivity index (χ2n) is 6.32. The van der Waals surface area contributed by atoms with E-state index in [4.69, 9.17) is 11.6 Å². The van der Waals surface area contributed by atoms with E-state index in [0.29, 0.717) is 12.0 Å². The number of carbonyl (C=O) groups excluding carboxylic acids is 1. The van der Waals surface area contributed by atoms with E-state index >= 15 is 0 Å². The lowest BCUT2D eigenvalue weighted by atomic mass is 10.0. The van der Waals surface area contributed by atoms with E-state index in [2.05, 4.69) is 4.99 Å². The number of amidine groups is 1. The van der Waals surface area contributed by atoms with E-state index < -0.39 is 43.7 Å². The number of rotatable bonds is 5. The summed E-state index contributed by atoms with van der Waals surface area (Å²) in [6, 6.07) is -1.86. The summed E-state index contributed by atoms with van der Waals surface area (Å²) in [6.45, 7) is 4.08. The van der Waals surface area contributed by atoms with Gasteiger partial charge in [0.1, 0.15) is 11.2 Å². The summed E-state index contributed by atoms with van der Waals surface area (Å²) in [5, 5.41) is -0.0395. The second-order valence-corrected chi connectivity index (χ2v) is 6.68. The van der Waals surface area contributed by atoms with Crippen molar-refractivity contribution in [2.45, 2.75) is 58.4 Å². The molecule has 4 nitrogen and oxygen atoms in total. The molecule has 11 heteroatoms. The summed E-state index contributed by atoms with van der Waals surface area (Å²) in [5.74, 6) is -1.15. The van der Waals surface area contributed by atoms with Crippen LogP contribution < -0.4 is 0 Å². The second kappa shape index (κ2) is 9.19. The van der Waals surface area contributed by atoms with E-state index in [1.807, 2.05) is 0 Å². The van der Waals surface area contributed by atoms with Gasteiger partial charge in [0.2, 0.25) is 5.91 Å². The fourth-order valence-corrected chi connectivity index (χ4v) is 2.84. The molecule has 1 aliphatic heterocycles. The SMILES string of the molecule is C/C=C1\C(=N/C(Cl)=C(C)CC)N(CCC(F)(F)F)C(CC(F)(F)F)C(=O)N1C. The van der Waals surface area contributed by atoms with Crippen molar-refractivity contribution in [1.29, 1.82) is 0 Å². The Labute approximate surface area is 164 Å². The number of amides is 1. The summed E-state index contributed by atoms with van der Waals surface area (Å²) >= 11 is 6.10. The van der Waals surface area contributed by atoms with Gasteiger partial charge >= 0.3 is 12.4 Å². The fourth-order valence-electron chi connectivity index (χ4n) is 2.62. The number of carbonyl (C=O) groups is 1. The molecule has 160 valence electrons. The Morgan fingerprint density at radius 2 is 1.79 bits per heavy atom. The molecular weight excluding hydrogens is 412 g/mol. The first-order chi connectivity index (χ1) is 12.7. The van der Waals surface area contributed by atoms with Crippen molar-refractivity contribution in [1.82, 2.24) is 9.80 Å². The van der Waals surface area contributed by atoms with Crippen LogP contribution in [0.15, 0.2) is 27.5 Å². The third-order valence-corrected chi connectivity index (χ3v) is 4.68. The van der Waals surface area contributed by atoms with Gasteiger partial charge in [0.05, 0.1) is 18.5 Å². The van der Waals surface area contributed by atoms with Gasteiger partial charge in [0.25, 0.3) is 0 Å². The monoisotopic (exact) mass is 433 g/mol. The van der Waals surface area contributed by atoms with Gasteiger partial charge in [-0.1, -0.05) is 24.6 Å². The van der Waals surface area contributed by atoms with Crippen LogP contribution in [0.4, 0.5) is 26.3 Å². The molecule has 0 aromatic rings. The van der Waals surface area contributed by atoms with E-state index in [0.717, 1.165) is 9.80 Å². The number of hydrogen-bond acceptors (Lipinski definition) is 2. The molecule has 1 amide bonds. The van der Waals surface area contributed by atoms with Crippen molar-refractivity contribution >= 4 is 23.3 Å². The average molecular weight is 434 g/mol. The highest BCUT2D eigenvalue weighted by Crippen LogP contribution is 2.32. The van der Waals surface area contributed by atoms with Crippen LogP contribution in [-0.2, 0) is 4.79 Å². The molecule has 1 atom stereocenters. The van der Waals surface area contributed by atoms with Crippen LogP contribution in [0, 0.1) is 0 Å². The van der Waals surface area contributed by atoms with Crippen LogP contribution in [0.5, 0.6) is 0 Å². The number of hydrogen-bond donors (Lipinski definition) is 0. The molecule has 1 aliphatic rings. The van der Waals surface area contributed by atoms with Gasteiger partial charge in [-0.15, -0.1) is 0 Å². The smallest absolute Gasteiger partial charge is 0.342 e. The van der Waals surface area contributed by atoms with Crippen molar-refractivity contribution in [3.8, 4) is 0 Å². The lowest BCUT2D eigenvalue weighted by Crippen LogP contribution is -2.59. The molecule has 1 unspecified atom stereocenters. The number of alkyl halides is 6. The highest BCUT2D eigenvalue weighted by molar-refractivity contribution is 6.30. The van der Waals surface area contributed by atoms with Gasteiger partial charge in [-0.05, 0) is 25.8 Å². The molecule has 0 saturated carbocycles. The lowest BCUT2D eigenvalue weighted by molar-refractivity contribution is -0.162. The number of halogens is 7. The molecule has 0 aromatic heterocycles. The van der Waals surface area contributed by atoms with Crippen LogP contribution in [0.3, 0.4) is 0 Å². The largest absolute Gasteiger partial charge is 0.391 e. The third-order valence-electron chi connectivity index (χ3n) is 4.28. The minimum atomic E-state index is -4.75. The van der Waals surface area contributed by atoms with E-state index in [-0.39, 0.29) is 16.7 Å². The lowest BCUT2D eigenvalue weighted by Gasteiger charge is -2.43. The summed E-state index contributed by atoms with van der Waals surface area (Å²) in [7, 11) is 1.25. The first-order valence-electron chi connectivity index (χ1n) is 8.50. The van der Waals surface area contributed by atoms with Crippen LogP contribution in [0.2, 0.25) is 0 Å². The van der Waals surface area contributed by atoms with E-state index in [1.165, 1.54) is 20.0 Å². The Morgan fingerprint density at radius 1 is 1.21 bits per heavy atom. The molecule has 0 aliphatic carbocycles. The maximum atomic E-state index is 13.0. The van der Waals surface area contributed by atoms with Gasteiger partial charge in [-0.25, -0.2) is 4.99 Å². The first-order valence-corrected chi connectivity index (χ1v) is 8.88. The minimum absolute atomic E-state index is 0.0395. The van der Waals surface area contributed by atoms with Crippen LogP contribution >= 0.6 is 11.6 Å². The quantitative estimate of drug-likeness (QED) is 0.440. The Balaban J connectivity index is 3.56. The van der Waals surface area contributed by atoms with Crippen LogP contribution in [-0.4, -0.2) is 53.5 Å². The topological polar surface area (TPSA) is 35.9 Å². The van der Waals surface area contributed by atoms with Crippen LogP contribution in [0.25, 0.3) is 0 Å². The molecule has 1 fully saturated rings. The standard InChI is InChI=1S/C17H22ClF6N3O/c1-5-10(3)13(18)25-14-11(6-2)26(4)15(28)12(9-17(22,23)24)27(14)8-7-16(19,20)21/h6,12H,5,7-9H2,1-4H3/b11-6+,13-10?,25-14+. The minimum Gasteiger partial charge on any atom is -0.342 e. The molecule has 28 heavy (non-hydrogen) atoms. The normalized spacial score (nSPS) is 23.0. The number of nitrogens with zero attached hydrogens (tertiary/aromatic N) is 3. The van der Waals surface area contributed by atoms with Crippen molar-refractivity contribution in [3.05, 3.63) is 22.5 Å². The van der Waals surface area contributed by atoms with Gasteiger partial charge < -0.3 is 9.80 Å². The van der Waals surface area contributed by atoms with Crippen molar-refractivity contribution in [3.63, 3.8) is 0 Å². The van der Waals surface area contributed by atoms with Crippen molar-refractivity contribution < 1.29 is 31.1 Å². The highest BCUT2D eigenvalue weighted by atomic mass is 35.5. The van der Waals surface area contributed by atoms with Gasteiger partial charge in [-0.2, -0.15) is 26.3 Å². The number of allylic oxidation sites excluding steroid dienone is 2. The number of likely N-dealkylation sites (N-methyl/N-ethyl adjacent to an activating group) is 1. The third kappa shape index (κ3) is 6.42. The fraction of sp³-hybridized carbons (Fsp3) is 0.647. The first kappa shape index (κ1) is 24.3. The summed E-state index contributed by atoms with van der Waals surface area (Å²) in [4.78, 5) is 18.3. The molecule has 1 heterocycles. The Bertz CT molecular complexity index is 681. The van der Waals surface area contributed by atoms with E-state index in [1.54, 1.807) is 13.8 Å². The van der Waals surface area contributed by atoms with Crippen molar-refractivity contribution in [2.75, 3.05) is 13.6 Å². The highest BCUT2D eigenvalue weighted by Gasteiger charge is 2.46. The van der Waals surface area contributed by atoms with Gasteiger partial charge in [0.15, 0.2) is 5.84 Å². The van der Waals surface area contributed by atoms with Gasteiger partial charge in [0, 0.05) is 13.6 Å². The predicted molar refractivity (Wildman–Crippen MR) is 94.6 cm³/mol. The molecule has 0 bridgehead atoms. The Kier molecular flexibility index (Phi) is 7.99. The number of aliphatic imine (C=N–C) groups is 1. The molecular formula is C17H22ClF6N3O. The zero-order valence-corrected chi connectivity index (χ0v) is 16.6. The zero-order valence-electron chi connectivity index (χ0n) is 15.9. The maximum Gasteiger partial charge on any atom is 0.391 e. The molecule has 0 N–H and O–H groups in total. The van der Waals surface area contributed by atoms with Crippen molar-refractivity contribution in [2.24, 2.45) is 4.99 Å². The van der Waals surface area contributed by atoms with E-state index in [9.17, 15) is 31.1 Å². The molecule has 1 saturated heterocycles.